The van der Waals surface area contributed by atoms with Gasteiger partial charge in [0.2, 0.25) is 5.88 Å². The summed E-state index contributed by atoms with van der Waals surface area (Å²) in [4.78, 5) is 19.6. The van der Waals surface area contributed by atoms with E-state index in [2.05, 4.69) is 25.3 Å². The molecule has 1 fully saturated rings. The highest BCUT2D eigenvalue weighted by atomic mass is 19.4. The zero-order chi connectivity index (χ0) is 24.6. The van der Waals surface area contributed by atoms with Crippen molar-refractivity contribution >= 4 is 11.6 Å². The van der Waals surface area contributed by atoms with Gasteiger partial charge in [-0.3, -0.25) is 10.1 Å². The van der Waals surface area contributed by atoms with Crippen LogP contribution in [0.3, 0.4) is 0 Å². The third kappa shape index (κ3) is 5.68. The number of nitrogens with two attached hydrogens (primary N) is 1. The van der Waals surface area contributed by atoms with Crippen LogP contribution in [0.1, 0.15) is 29.4 Å². The summed E-state index contributed by atoms with van der Waals surface area (Å²) < 4.78 is 96.1. The predicted octanol–water partition coefficient (Wildman–Crippen LogP) is 3.48. The number of aromatic nitrogens is 2. The highest BCUT2D eigenvalue weighted by Crippen LogP contribution is 2.47. The molecule has 1 aromatic heterocycles. The Hall–Kier alpha value is -3.00. The summed E-state index contributed by atoms with van der Waals surface area (Å²) in [5, 5.41) is 4.91. The number of halogens is 7. The van der Waals surface area contributed by atoms with E-state index in [0.717, 1.165) is 30.6 Å². The number of ether oxygens (including phenoxy) is 1. The van der Waals surface area contributed by atoms with E-state index in [0.29, 0.717) is 0 Å². The maximum atomic E-state index is 14.5. The van der Waals surface area contributed by atoms with Crippen molar-refractivity contribution in [2.24, 2.45) is 11.7 Å². The first-order chi connectivity index (χ1) is 15.2. The van der Waals surface area contributed by atoms with Gasteiger partial charge in [0.25, 0.3) is 5.91 Å². The molecule has 2 heterocycles. The smallest absolute Gasteiger partial charge is 0.422 e. The molecule has 1 saturated heterocycles. The van der Waals surface area contributed by atoms with E-state index < -0.39 is 60.6 Å². The molecule has 1 aliphatic heterocycles. The largest absolute Gasteiger partial charge is 0.467 e. The molecule has 2 aromatic rings. The van der Waals surface area contributed by atoms with E-state index in [9.17, 15) is 35.5 Å². The first kappa shape index (κ1) is 24.6. The summed E-state index contributed by atoms with van der Waals surface area (Å²) in [5.41, 5.74) is 3.05. The Labute approximate surface area is 182 Å². The minimum Gasteiger partial charge on any atom is -0.467 e. The molecule has 14 heteroatoms. The average Bonchev–Trinajstić information content (AvgIpc) is 3.03. The third-order valence-electron chi connectivity index (χ3n) is 5.10. The molecular formula is C19H18F7N5O2. The van der Waals surface area contributed by atoms with Gasteiger partial charge in [-0.2, -0.15) is 26.3 Å². The Morgan fingerprint density at radius 2 is 1.94 bits per heavy atom. The molecule has 4 N–H and O–H groups in total. The van der Waals surface area contributed by atoms with Crippen LogP contribution in [0.4, 0.5) is 36.4 Å². The highest BCUT2D eigenvalue weighted by Gasteiger charge is 2.57. The van der Waals surface area contributed by atoms with Crippen molar-refractivity contribution < 1.29 is 40.3 Å². The van der Waals surface area contributed by atoms with Gasteiger partial charge in [-0.1, -0.05) is 0 Å². The fourth-order valence-electron chi connectivity index (χ4n) is 3.62. The van der Waals surface area contributed by atoms with Crippen molar-refractivity contribution in [2.45, 2.75) is 37.4 Å². The number of nitrogens with zero attached hydrogens (tertiary/aromatic N) is 2. The van der Waals surface area contributed by atoms with E-state index >= 15 is 0 Å². The lowest BCUT2D eigenvalue weighted by atomic mass is 9.80. The number of nitrogens with one attached hydrogen (secondary N) is 2. The van der Waals surface area contributed by atoms with Gasteiger partial charge in [-0.25, -0.2) is 14.4 Å². The van der Waals surface area contributed by atoms with Crippen LogP contribution in [0.5, 0.6) is 5.88 Å². The zero-order valence-electron chi connectivity index (χ0n) is 16.9. The summed E-state index contributed by atoms with van der Waals surface area (Å²) >= 11 is 0. The van der Waals surface area contributed by atoms with Gasteiger partial charge in [0.1, 0.15) is 11.5 Å². The fourth-order valence-corrected chi connectivity index (χ4v) is 3.62. The molecule has 3 unspecified atom stereocenters. The molecule has 7 nitrogen and oxygen atoms in total. The minimum atomic E-state index is -4.66. The van der Waals surface area contributed by atoms with Crippen LogP contribution in [0.15, 0.2) is 30.6 Å². The number of benzene rings is 1. The number of carbonyl (C=O) groups excluding carboxylic acids is 1. The molecule has 0 aliphatic carbocycles. The van der Waals surface area contributed by atoms with E-state index in [-0.39, 0.29) is 16.9 Å². The van der Waals surface area contributed by atoms with Crippen LogP contribution in [0.25, 0.3) is 0 Å². The molecule has 0 radical (unpaired) electrons. The molecule has 3 rings (SSSR count). The van der Waals surface area contributed by atoms with Crippen LogP contribution in [0.2, 0.25) is 0 Å². The number of rotatable bonds is 5. The summed E-state index contributed by atoms with van der Waals surface area (Å²) in [6.45, 7) is -0.422. The van der Waals surface area contributed by atoms with Crippen molar-refractivity contribution in [1.29, 1.82) is 0 Å². The van der Waals surface area contributed by atoms with Crippen molar-refractivity contribution in [2.75, 3.05) is 11.9 Å². The second-order valence-corrected chi connectivity index (χ2v) is 7.58. The lowest BCUT2D eigenvalue weighted by Gasteiger charge is -2.34. The monoisotopic (exact) mass is 481 g/mol. The third-order valence-corrected chi connectivity index (χ3v) is 5.10. The Bertz CT molecular complexity index is 1010. The van der Waals surface area contributed by atoms with Gasteiger partial charge in [-0.15, -0.1) is 0 Å². The quantitative estimate of drug-likeness (QED) is 0.566. The van der Waals surface area contributed by atoms with Gasteiger partial charge >= 0.3 is 12.4 Å². The van der Waals surface area contributed by atoms with Gasteiger partial charge in [-0.05, 0) is 31.5 Å². The molecule has 0 bridgehead atoms. The van der Waals surface area contributed by atoms with Crippen LogP contribution in [0, 0.1) is 11.7 Å². The molecule has 0 spiro atoms. The number of alkyl halides is 6. The Balaban J connectivity index is 1.79. The summed E-state index contributed by atoms with van der Waals surface area (Å²) in [6, 6.07) is 3.08. The van der Waals surface area contributed by atoms with Crippen molar-refractivity contribution in [3.05, 3.63) is 47.7 Å². The summed E-state index contributed by atoms with van der Waals surface area (Å²) in [7, 11) is 0. The SMILES string of the molecule is CC1(c2cc(NC(=O)c3cnc(OCC(F)(F)F)cn3)ccc2F)NC(N)CC1C(F)(F)F. The molecule has 3 atom stereocenters. The minimum absolute atomic E-state index is 0.0416. The van der Waals surface area contributed by atoms with Crippen molar-refractivity contribution in [3.63, 3.8) is 0 Å². The van der Waals surface area contributed by atoms with E-state index in [4.69, 9.17) is 5.73 Å². The molecule has 180 valence electrons. The zero-order valence-corrected chi connectivity index (χ0v) is 16.9. The lowest BCUT2D eigenvalue weighted by Crippen LogP contribution is -2.47. The molecule has 0 saturated carbocycles. The maximum Gasteiger partial charge on any atom is 0.422 e. The molecular weight excluding hydrogens is 463 g/mol. The Morgan fingerprint density at radius 3 is 2.52 bits per heavy atom. The standard InChI is InChI=1S/C19H18F7N5O2/c1-17(13(19(24,25)26)5-14(27)31-17)10-4-9(2-3-11(10)20)30-16(32)12-6-29-15(7-28-12)33-8-18(21,22)23/h2-4,6-7,13-14,31H,5,8,27H2,1H3,(H,30,32). The van der Waals surface area contributed by atoms with Gasteiger partial charge in [0.15, 0.2) is 6.61 Å². The van der Waals surface area contributed by atoms with Crippen molar-refractivity contribution in [1.82, 2.24) is 15.3 Å². The van der Waals surface area contributed by atoms with Crippen LogP contribution >= 0.6 is 0 Å². The van der Waals surface area contributed by atoms with E-state index in [1.165, 1.54) is 6.92 Å². The summed E-state index contributed by atoms with van der Waals surface area (Å²) in [5.74, 6) is -4.26. The van der Waals surface area contributed by atoms with Crippen LogP contribution in [-0.4, -0.2) is 41.0 Å². The van der Waals surface area contributed by atoms with E-state index in [1.54, 1.807) is 0 Å². The number of hydrogen-bond donors (Lipinski definition) is 3. The average molecular weight is 481 g/mol. The first-order valence-electron chi connectivity index (χ1n) is 9.42. The van der Waals surface area contributed by atoms with Gasteiger partial charge < -0.3 is 15.8 Å². The Kier molecular flexibility index (Phi) is 6.53. The Morgan fingerprint density at radius 1 is 1.24 bits per heavy atom. The highest BCUT2D eigenvalue weighted by molar-refractivity contribution is 6.02. The summed E-state index contributed by atoms with van der Waals surface area (Å²) in [6.07, 6.45) is -9.08. The number of anilines is 1. The number of carbonyl (C=O) groups is 1. The van der Waals surface area contributed by atoms with Gasteiger partial charge in [0.05, 0.1) is 30.0 Å². The lowest BCUT2D eigenvalue weighted by molar-refractivity contribution is -0.188. The molecule has 1 amide bonds. The fraction of sp³-hybridized carbons (Fsp3) is 0.421. The second-order valence-electron chi connectivity index (χ2n) is 7.58. The predicted molar refractivity (Wildman–Crippen MR) is 101 cm³/mol. The normalized spacial score (nSPS) is 23.4. The topological polar surface area (TPSA) is 102 Å². The number of hydrogen-bond acceptors (Lipinski definition) is 6. The van der Waals surface area contributed by atoms with E-state index in [1.807, 2.05) is 0 Å². The van der Waals surface area contributed by atoms with Gasteiger partial charge in [0, 0.05) is 11.3 Å². The second kappa shape index (κ2) is 8.74. The van der Waals surface area contributed by atoms with Crippen LogP contribution < -0.4 is 21.1 Å². The molecule has 1 aromatic carbocycles. The first-order valence-corrected chi connectivity index (χ1v) is 9.42. The molecule has 1 aliphatic rings. The number of amides is 1. The molecule has 33 heavy (non-hydrogen) atoms. The van der Waals surface area contributed by atoms with Crippen molar-refractivity contribution in [3.8, 4) is 5.88 Å². The maximum absolute atomic E-state index is 14.5. The van der Waals surface area contributed by atoms with Crippen LogP contribution in [-0.2, 0) is 5.54 Å².